The lowest BCUT2D eigenvalue weighted by molar-refractivity contribution is -0.144. The van der Waals surface area contributed by atoms with E-state index in [1.54, 1.807) is 12.4 Å². The minimum atomic E-state index is -1.18. The van der Waals surface area contributed by atoms with Gasteiger partial charge in [-0.05, 0) is 79.1 Å². The number of carbonyl (C=O) groups is 3. The van der Waals surface area contributed by atoms with Crippen LogP contribution in [0.25, 0.3) is 11.1 Å². The standard InChI is InChI=1S/C31H33F2N3O3/c1-18-8-11-28(38)36(17-18)30(22-9-10-25(32)26(33)14-22)31(39)35-27(12-21(4)37)23-13-24(16-34-15-23)29-19(2)6-5-7-20(29)3/h5-7,9-10,13-16,18,27,30H,8,11-12,17H2,1-4H3,(H,35,39)/t18?,27-,30-/m0/s1. The zero-order chi connectivity index (χ0) is 28.3. The third-order valence-corrected chi connectivity index (χ3v) is 7.24. The number of hydrogen-bond acceptors (Lipinski definition) is 4. The number of nitrogens with zero attached hydrogens (tertiary/aromatic N) is 2. The highest BCUT2D eigenvalue weighted by Gasteiger charge is 2.36. The quantitative estimate of drug-likeness (QED) is 0.398. The van der Waals surface area contributed by atoms with Gasteiger partial charge in [-0.1, -0.05) is 31.2 Å². The second-order valence-corrected chi connectivity index (χ2v) is 10.5. The number of Topliss-reactive ketones (excluding diaryl/α,β-unsaturated/α-hetero) is 1. The van der Waals surface area contributed by atoms with Crippen molar-refractivity contribution in [3.05, 3.63) is 88.7 Å². The maximum Gasteiger partial charge on any atom is 0.247 e. The molecular formula is C31H33F2N3O3. The van der Waals surface area contributed by atoms with Crippen LogP contribution in [-0.2, 0) is 14.4 Å². The van der Waals surface area contributed by atoms with Gasteiger partial charge in [-0.15, -0.1) is 0 Å². The molecule has 0 spiro atoms. The molecule has 1 aromatic heterocycles. The second kappa shape index (κ2) is 11.8. The van der Waals surface area contributed by atoms with Gasteiger partial charge in [-0.2, -0.15) is 0 Å². The minimum Gasteiger partial charge on any atom is -0.347 e. The fraction of sp³-hybridized carbons (Fsp3) is 0.355. The van der Waals surface area contributed by atoms with Gasteiger partial charge in [0.2, 0.25) is 11.8 Å². The van der Waals surface area contributed by atoms with Crippen molar-refractivity contribution in [3.8, 4) is 11.1 Å². The van der Waals surface area contributed by atoms with Crippen LogP contribution in [0.15, 0.2) is 54.9 Å². The Morgan fingerprint density at radius 1 is 1.05 bits per heavy atom. The Morgan fingerprint density at radius 2 is 1.77 bits per heavy atom. The first-order valence-corrected chi connectivity index (χ1v) is 13.1. The number of aromatic nitrogens is 1. The van der Waals surface area contributed by atoms with Gasteiger partial charge in [0.05, 0.1) is 6.04 Å². The van der Waals surface area contributed by atoms with E-state index in [1.807, 2.05) is 45.0 Å². The van der Waals surface area contributed by atoms with Gasteiger partial charge in [0.25, 0.3) is 0 Å². The average Bonchev–Trinajstić information content (AvgIpc) is 2.88. The number of rotatable bonds is 8. The van der Waals surface area contributed by atoms with Gasteiger partial charge in [-0.3, -0.25) is 19.4 Å². The summed E-state index contributed by atoms with van der Waals surface area (Å²) in [6.45, 7) is 7.73. The Kier molecular flexibility index (Phi) is 8.53. The van der Waals surface area contributed by atoms with Gasteiger partial charge in [0, 0.05) is 37.3 Å². The lowest BCUT2D eigenvalue weighted by Gasteiger charge is -2.37. The van der Waals surface area contributed by atoms with Crippen molar-refractivity contribution < 1.29 is 23.2 Å². The molecule has 2 heterocycles. The van der Waals surface area contributed by atoms with Crippen molar-refractivity contribution in [3.63, 3.8) is 0 Å². The summed E-state index contributed by atoms with van der Waals surface area (Å²) >= 11 is 0. The molecule has 1 N–H and O–H groups in total. The molecule has 0 aliphatic carbocycles. The molecule has 1 fully saturated rings. The van der Waals surface area contributed by atoms with Crippen LogP contribution in [0.2, 0.25) is 0 Å². The van der Waals surface area contributed by atoms with Crippen molar-refractivity contribution in [2.75, 3.05) is 6.54 Å². The third-order valence-electron chi connectivity index (χ3n) is 7.24. The summed E-state index contributed by atoms with van der Waals surface area (Å²) in [6, 6.07) is 9.19. The van der Waals surface area contributed by atoms with Crippen LogP contribution < -0.4 is 5.32 Å². The molecule has 0 radical (unpaired) electrons. The van der Waals surface area contributed by atoms with Crippen molar-refractivity contribution in [1.29, 1.82) is 0 Å². The maximum absolute atomic E-state index is 14.3. The molecule has 1 aliphatic heterocycles. The van der Waals surface area contributed by atoms with E-state index in [0.717, 1.165) is 34.4 Å². The van der Waals surface area contributed by atoms with Crippen LogP contribution in [-0.4, -0.2) is 34.0 Å². The SMILES string of the molecule is CC(=O)C[C@H](NC(=O)[C@H](c1ccc(F)c(F)c1)N1CC(C)CCC1=O)c1cncc(-c2c(C)cccc2C)c1. The Balaban J connectivity index is 1.72. The number of piperidine rings is 1. The van der Waals surface area contributed by atoms with E-state index in [-0.39, 0.29) is 36.0 Å². The van der Waals surface area contributed by atoms with Crippen LogP contribution in [0.3, 0.4) is 0 Å². The van der Waals surface area contributed by atoms with E-state index in [0.29, 0.717) is 18.5 Å². The van der Waals surface area contributed by atoms with E-state index < -0.39 is 29.6 Å². The van der Waals surface area contributed by atoms with Crippen molar-refractivity contribution in [1.82, 2.24) is 15.2 Å². The highest BCUT2D eigenvalue weighted by molar-refractivity contribution is 5.90. The highest BCUT2D eigenvalue weighted by Crippen LogP contribution is 2.32. The number of nitrogens with one attached hydrogen (secondary N) is 1. The number of amides is 2. The summed E-state index contributed by atoms with van der Waals surface area (Å²) in [5.41, 5.74) is 4.80. The normalized spacial score (nSPS) is 17.0. The number of hydrogen-bond donors (Lipinski definition) is 1. The molecule has 8 heteroatoms. The fourth-order valence-electron chi connectivity index (χ4n) is 5.29. The van der Waals surface area contributed by atoms with Crippen molar-refractivity contribution >= 4 is 17.6 Å². The Hall–Kier alpha value is -3.94. The van der Waals surface area contributed by atoms with Crippen LogP contribution in [0.5, 0.6) is 0 Å². The van der Waals surface area contributed by atoms with E-state index in [9.17, 15) is 23.2 Å². The molecule has 4 rings (SSSR count). The van der Waals surface area contributed by atoms with Gasteiger partial charge >= 0.3 is 0 Å². The van der Waals surface area contributed by atoms with E-state index in [2.05, 4.69) is 10.3 Å². The predicted molar refractivity (Wildman–Crippen MR) is 145 cm³/mol. The van der Waals surface area contributed by atoms with Crippen LogP contribution >= 0.6 is 0 Å². The minimum absolute atomic E-state index is 0.00151. The number of benzene rings is 2. The maximum atomic E-state index is 14.3. The first kappa shape index (κ1) is 28.1. The first-order valence-electron chi connectivity index (χ1n) is 13.1. The molecular weight excluding hydrogens is 500 g/mol. The Labute approximate surface area is 227 Å². The summed E-state index contributed by atoms with van der Waals surface area (Å²) in [4.78, 5) is 44.9. The molecule has 6 nitrogen and oxygen atoms in total. The Morgan fingerprint density at radius 3 is 2.44 bits per heavy atom. The number of ketones is 1. The van der Waals surface area contributed by atoms with Crippen LogP contribution in [0.4, 0.5) is 8.78 Å². The number of carbonyl (C=O) groups excluding carboxylic acids is 3. The number of halogens is 2. The summed E-state index contributed by atoms with van der Waals surface area (Å²) < 4.78 is 28.0. The molecule has 3 atom stereocenters. The van der Waals surface area contributed by atoms with Gasteiger partial charge in [-0.25, -0.2) is 8.78 Å². The summed E-state index contributed by atoms with van der Waals surface area (Å²) in [5.74, 6) is -2.97. The molecule has 0 bridgehead atoms. The first-order chi connectivity index (χ1) is 18.5. The number of pyridine rings is 1. The molecule has 204 valence electrons. The van der Waals surface area contributed by atoms with E-state index in [4.69, 9.17) is 0 Å². The predicted octanol–water partition coefficient (Wildman–Crippen LogP) is 5.78. The van der Waals surface area contributed by atoms with Crippen LogP contribution in [0.1, 0.15) is 67.4 Å². The topological polar surface area (TPSA) is 79.4 Å². The van der Waals surface area contributed by atoms with Gasteiger partial charge < -0.3 is 10.2 Å². The number of likely N-dealkylation sites (tertiary alicyclic amines) is 1. The Bertz CT molecular complexity index is 1390. The van der Waals surface area contributed by atoms with Gasteiger partial charge in [0.15, 0.2) is 11.6 Å². The number of aryl methyl sites for hydroxylation is 2. The summed E-state index contributed by atoms with van der Waals surface area (Å²) in [5, 5.41) is 2.93. The molecule has 39 heavy (non-hydrogen) atoms. The van der Waals surface area contributed by atoms with Crippen molar-refractivity contribution in [2.45, 2.75) is 59.0 Å². The molecule has 1 unspecified atom stereocenters. The molecule has 1 aliphatic rings. The molecule has 3 aromatic rings. The van der Waals surface area contributed by atoms with Gasteiger partial charge in [0.1, 0.15) is 11.8 Å². The average molecular weight is 534 g/mol. The molecule has 2 aromatic carbocycles. The fourth-order valence-corrected chi connectivity index (χ4v) is 5.29. The molecule has 1 saturated heterocycles. The lowest BCUT2D eigenvalue weighted by atomic mass is 9.93. The zero-order valence-corrected chi connectivity index (χ0v) is 22.6. The zero-order valence-electron chi connectivity index (χ0n) is 22.6. The smallest absolute Gasteiger partial charge is 0.247 e. The highest BCUT2D eigenvalue weighted by atomic mass is 19.2. The monoisotopic (exact) mass is 533 g/mol. The largest absolute Gasteiger partial charge is 0.347 e. The molecule has 0 saturated carbocycles. The third kappa shape index (κ3) is 6.38. The van der Waals surface area contributed by atoms with E-state index in [1.165, 1.54) is 17.9 Å². The summed E-state index contributed by atoms with van der Waals surface area (Å²) in [6.07, 6.45) is 4.28. The second-order valence-electron chi connectivity index (χ2n) is 10.5. The van der Waals surface area contributed by atoms with Crippen LogP contribution in [0, 0.1) is 31.4 Å². The van der Waals surface area contributed by atoms with E-state index >= 15 is 0 Å². The summed E-state index contributed by atoms with van der Waals surface area (Å²) in [7, 11) is 0. The lowest BCUT2D eigenvalue weighted by Crippen LogP contribution is -2.48. The van der Waals surface area contributed by atoms with Crippen molar-refractivity contribution in [2.24, 2.45) is 5.92 Å². The molecule has 2 amide bonds.